The molecule has 0 spiro atoms. The normalized spacial score (nSPS) is 10.4. The van der Waals surface area contributed by atoms with Crippen LogP contribution in [0.1, 0.15) is 24.0 Å². The van der Waals surface area contributed by atoms with Gasteiger partial charge in [-0.25, -0.2) is 4.98 Å². The van der Waals surface area contributed by atoms with Gasteiger partial charge in [0.2, 0.25) is 0 Å². The monoisotopic (exact) mass is 278 g/mol. The van der Waals surface area contributed by atoms with Crippen LogP contribution in [0.3, 0.4) is 0 Å². The van der Waals surface area contributed by atoms with Crippen LogP contribution in [0.5, 0.6) is 11.5 Å². The number of ether oxygens (including phenoxy) is 2. The van der Waals surface area contributed by atoms with Crippen molar-refractivity contribution >= 4 is 11.3 Å². The highest BCUT2D eigenvalue weighted by atomic mass is 32.1. The van der Waals surface area contributed by atoms with Gasteiger partial charge in [-0.1, -0.05) is 19.1 Å². The van der Waals surface area contributed by atoms with Gasteiger partial charge < -0.3 is 15.2 Å². The highest BCUT2D eigenvalue weighted by Crippen LogP contribution is 2.27. The molecule has 1 aromatic heterocycles. The lowest BCUT2D eigenvalue weighted by molar-refractivity contribution is 0.260. The third-order valence-electron chi connectivity index (χ3n) is 2.46. The maximum Gasteiger partial charge on any atom is 0.161 e. The zero-order chi connectivity index (χ0) is 13.5. The van der Waals surface area contributed by atoms with E-state index in [1.54, 1.807) is 11.3 Å². The van der Waals surface area contributed by atoms with Crippen LogP contribution in [-0.4, -0.2) is 11.6 Å². The molecule has 1 heterocycles. The van der Waals surface area contributed by atoms with Crippen LogP contribution in [-0.2, 0) is 13.2 Å². The average Bonchev–Trinajstić information content (AvgIpc) is 2.91. The highest BCUT2D eigenvalue weighted by molar-refractivity contribution is 7.09. The largest absolute Gasteiger partial charge is 0.490 e. The molecule has 0 atom stereocenters. The van der Waals surface area contributed by atoms with Crippen LogP contribution in [0.4, 0.5) is 0 Å². The van der Waals surface area contributed by atoms with Gasteiger partial charge in [0.1, 0.15) is 11.6 Å². The van der Waals surface area contributed by atoms with E-state index >= 15 is 0 Å². The topological polar surface area (TPSA) is 57.4 Å². The number of nitrogens with zero attached hydrogens (tertiary/aromatic N) is 1. The Labute approximate surface area is 117 Å². The van der Waals surface area contributed by atoms with E-state index in [0.717, 1.165) is 28.6 Å². The van der Waals surface area contributed by atoms with Crippen molar-refractivity contribution in [2.24, 2.45) is 5.73 Å². The van der Waals surface area contributed by atoms with Crippen LogP contribution >= 0.6 is 11.3 Å². The first kappa shape index (κ1) is 13.8. The number of thiazole rings is 1. The van der Waals surface area contributed by atoms with Crippen LogP contribution in [0, 0.1) is 0 Å². The fraction of sp³-hybridized carbons (Fsp3) is 0.357. The van der Waals surface area contributed by atoms with E-state index in [4.69, 9.17) is 15.2 Å². The van der Waals surface area contributed by atoms with E-state index in [9.17, 15) is 0 Å². The van der Waals surface area contributed by atoms with Crippen molar-refractivity contribution in [1.82, 2.24) is 4.98 Å². The maximum atomic E-state index is 5.76. The number of hydrogen-bond acceptors (Lipinski definition) is 5. The number of hydrogen-bond donors (Lipinski definition) is 1. The average molecular weight is 278 g/mol. The van der Waals surface area contributed by atoms with Crippen molar-refractivity contribution in [1.29, 1.82) is 0 Å². The Kier molecular flexibility index (Phi) is 5.18. The predicted octanol–water partition coefficient (Wildman–Crippen LogP) is 2.97. The van der Waals surface area contributed by atoms with E-state index in [2.05, 4.69) is 11.9 Å². The molecule has 2 rings (SSSR count). The lowest BCUT2D eigenvalue weighted by Gasteiger charge is -2.11. The summed E-state index contributed by atoms with van der Waals surface area (Å²) in [4.78, 5) is 4.36. The Morgan fingerprint density at radius 1 is 1.21 bits per heavy atom. The van der Waals surface area contributed by atoms with E-state index < -0.39 is 0 Å². The van der Waals surface area contributed by atoms with Crippen molar-refractivity contribution < 1.29 is 9.47 Å². The molecular formula is C14H18N2O2S. The number of aromatic nitrogens is 1. The molecule has 1 aromatic carbocycles. The summed E-state index contributed by atoms with van der Waals surface area (Å²) in [5.74, 6) is 1.52. The van der Waals surface area contributed by atoms with E-state index in [-0.39, 0.29) is 0 Å². The summed E-state index contributed by atoms with van der Waals surface area (Å²) in [7, 11) is 0. The summed E-state index contributed by atoms with van der Waals surface area (Å²) in [5.41, 5.74) is 6.44. The lowest BCUT2D eigenvalue weighted by Crippen LogP contribution is -2.01. The van der Waals surface area contributed by atoms with E-state index in [1.165, 1.54) is 0 Å². The summed E-state index contributed by atoms with van der Waals surface area (Å²) < 4.78 is 11.4. The van der Waals surface area contributed by atoms with E-state index in [0.29, 0.717) is 19.8 Å². The second-order valence-corrected chi connectivity index (χ2v) is 4.96. The molecule has 5 heteroatoms. The van der Waals surface area contributed by atoms with Crippen molar-refractivity contribution in [3.8, 4) is 11.5 Å². The number of nitrogens with two attached hydrogens (primary N) is 1. The summed E-state index contributed by atoms with van der Waals surface area (Å²) in [6.07, 6.45) is 0.973. The summed E-state index contributed by atoms with van der Waals surface area (Å²) in [6, 6.07) is 7.69. The third kappa shape index (κ3) is 3.94. The molecule has 0 unspecified atom stereocenters. The van der Waals surface area contributed by atoms with Gasteiger partial charge in [-0.3, -0.25) is 0 Å². The van der Waals surface area contributed by atoms with Gasteiger partial charge in [-0.05, 0) is 18.6 Å². The predicted molar refractivity (Wildman–Crippen MR) is 76.6 cm³/mol. The van der Waals surface area contributed by atoms with Gasteiger partial charge in [0.15, 0.2) is 11.5 Å². The van der Waals surface area contributed by atoms with Gasteiger partial charge in [-0.15, -0.1) is 11.3 Å². The molecule has 2 N–H and O–H groups in total. The Hall–Kier alpha value is -1.59. The molecule has 4 nitrogen and oxygen atoms in total. The molecule has 19 heavy (non-hydrogen) atoms. The molecule has 0 aliphatic heterocycles. The second kappa shape index (κ2) is 7.11. The van der Waals surface area contributed by atoms with Crippen molar-refractivity contribution in [3.05, 3.63) is 40.3 Å². The van der Waals surface area contributed by atoms with Gasteiger partial charge >= 0.3 is 0 Å². The van der Waals surface area contributed by atoms with Crippen molar-refractivity contribution in [3.63, 3.8) is 0 Å². The molecule has 0 fully saturated rings. The summed E-state index contributed by atoms with van der Waals surface area (Å²) in [5, 5.41) is 2.90. The molecular weight excluding hydrogens is 260 g/mol. The number of para-hydroxylation sites is 2. The molecule has 102 valence electrons. The Bertz CT molecular complexity index is 514. The quantitative estimate of drug-likeness (QED) is 0.846. The zero-order valence-corrected chi connectivity index (χ0v) is 11.8. The third-order valence-corrected chi connectivity index (χ3v) is 3.38. The first-order valence-electron chi connectivity index (χ1n) is 6.31. The molecule has 2 aromatic rings. The molecule has 0 bridgehead atoms. The lowest BCUT2D eigenvalue weighted by atomic mass is 10.3. The highest BCUT2D eigenvalue weighted by Gasteiger charge is 2.06. The van der Waals surface area contributed by atoms with Gasteiger partial charge in [0, 0.05) is 11.9 Å². The molecule has 0 saturated heterocycles. The Morgan fingerprint density at radius 2 is 1.95 bits per heavy atom. The smallest absolute Gasteiger partial charge is 0.161 e. The van der Waals surface area contributed by atoms with Crippen LogP contribution in [0.25, 0.3) is 0 Å². The molecule has 0 aliphatic carbocycles. The SMILES string of the molecule is CCCOc1ccccc1OCc1csc(CN)n1. The summed E-state index contributed by atoms with van der Waals surface area (Å²) in [6.45, 7) is 3.67. The van der Waals surface area contributed by atoms with Crippen molar-refractivity contribution in [2.45, 2.75) is 26.5 Å². The van der Waals surface area contributed by atoms with Crippen LogP contribution in [0.15, 0.2) is 29.6 Å². The maximum absolute atomic E-state index is 5.76. The van der Waals surface area contributed by atoms with Gasteiger partial charge in [0.25, 0.3) is 0 Å². The standard InChI is InChI=1S/C14H18N2O2S/c1-2-7-17-12-5-3-4-6-13(12)18-9-11-10-19-14(8-15)16-11/h3-6,10H,2,7-9,15H2,1H3. The fourth-order valence-electron chi connectivity index (χ4n) is 1.56. The van der Waals surface area contributed by atoms with E-state index in [1.807, 2.05) is 29.6 Å². The minimum atomic E-state index is 0.434. The number of rotatable bonds is 7. The van der Waals surface area contributed by atoms with Crippen LogP contribution in [0.2, 0.25) is 0 Å². The molecule has 0 saturated carbocycles. The summed E-state index contributed by atoms with van der Waals surface area (Å²) >= 11 is 1.56. The Morgan fingerprint density at radius 3 is 2.58 bits per heavy atom. The molecule has 0 aliphatic rings. The Balaban J connectivity index is 1.98. The van der Waals surface area contributed by atoms with Gasteiger partial charge in [-0.2, -0.15) is 0 Å². The van der Waals surface area contributed by atoms with Crippen molar-refractivity contribution in [2.75, 3.05) is 6.61 Å². The van der Waals surface area contributed by atoms with Crippen LogP contribution < -0.4 is 15.2 Å². The fourth-order valence-corrected chi connectivity index (χ4v) is 2.22. The second-order valence-electron chi connectivity index (χ2n) is 4.02. The first-order valence-corrected chi connectivity index (χ1v) is 7.19. The molecule has 0 radical (unpaired) electrons. The zero-order valence-electron chi connectivity index (χ0n) is 11.0. The minimum absolute atomic E-state index is 0.434. The minimum Gasteiger partial charge on any atom is -0.490 e. The van der Waals surface area contributed by atoms with Gasteiger partial charge in [0.05, 0.1) is 12.3 Å². The number of benzene rings is 1. The first-order chi connectivity index (χ1) is 9.33. The molecule has 0 amide bonds.